The van der Waals surface area contributed by atoms with E-state index in [9.17, 15) is 4.79 Å². The predicted octanol–water partition coefficient (Wildman–Crippen LogP) is 0.243. The van der Waals surface area contributed by atoms with Gasteiger partial charge in [0.1, 0.15) is 0 Å². The van der Waals surface area contributed by atoms with Crippen molar-refractivity contribution in [2.75, 3.05) is 39.3 Å². The van der Waals surface area contributed by atoms with Crippen molar-refractivity contribution in [1.82, 2.24) is 15.1 Å². The zero-order valence-electron chi connectivity index (χ0n) is 13.3. The Morgan fingerprint density at radius 3 is 2.48 bits per heavy atom. The van der Waals surface area contributed by atoms with Crippen molar-refractivity contribution < 1.29 is 4.79 Å². The number of guanidine groups is 1. The first kappa shape index (κ1) is 16.1. The van der Waals surface area contributed by atoms with E-state index in [0.29, 0.717) is 30.4 Å². The standard InChI is InChI=1S/C15H29N5O/c1-12(2)18-15(16)17-6-7-19-8-10-20(11-9-19)14(21)13-4-3-5-13/h12-13H,3-11H2,1-2H3,(H3,16,17,18). The first-order valence-corrected chi connectivity index (χ1v) is 8.14. The summed E-state index contributed by atoms with van der Waals surface area (Å²) in [6, 6.07) is 0.315. The number of nitrogens with one attached hydrogen (secondary N) is 1. The average molecular weight is 295 g/mol. The fraction of sp³-hybridized carbons (Fsp3) is 0.867. The van der Waals surface area contributed by atoms with E-state index in [-0.39, 0.29) is 0 Å². The minimum atomic E-state index is 0.315. The van der Waals surface area contributed by atoms with Crippen LogP contribution in [0.1, 0.15) is 33.1 Å². The van der Waals surface area contributed by atoms with Crippen LogP contribution in [0.4, 0.5) is 0 Å². The van der Waals surface area contributed by atoms with Gasteiger partial charge in [0.2, 0.25) is 5.91 Å². The lowest BCUT2D eigenvalue weighted by atomic mass is 9.84. The van der Waals surface area contributed by atoms with Crippen LogP contribution in [0.25, 0.3) is 0 Å². The van der Waals surface area contributed by atoms with E-state index in [4.69, 9.17) is 5.73 Å². The van der Waals surface area contributed by atoms with E-state index in [0.717, 1.165) is 45.6 Å². The molecule has 0 bridgehead atoms. The molecule has 6 nitrogen and oxygen atoms in total. The van der Waals surface area contributed by atoms with Gasteiger partial charge in [-0.25, -0.2) is 0 Å². The van der Waals surface area contributed by atoms with Crippen LogP contribution >= 0.6 is 0 Å². The Labute approximate surface area is 127 Å². The van der Waals surface area contributed by atoms with Crippen molar-refractivity contribution in [3.05, 3.63) is 0 Å². The molecule has 0 spiro atoms. The molecule has 0 unspecified atom stereocenters. The molecule has 2 rings (SSSR count). The Kier molecular flexibility index (Phi) is 5.85. The van der Waals surface area contributed by atoms with E-state index in [1.807, 2.05) is 18.7 Å². The van der Waals surface area contributed by atoms with Crippen LogP contribution in [-0.2, 0) is 4.79 Å². The summed E-state index contributed by atoms with van der Waals surface area (Å²) < 4.78 is 0. The number of amides is 1. The monoisotopic (exact) mass is 295 g/mol. The Balaban J connectivity index is 1.63. The molecule has 6 heteroatoms. The van der Waals surface area contributed by atoms with E-state index in [1.54, 1.807) is 0 Å². The SMILES string of the molecule is CC(C)NC(N)=NCCN1CCN(C(=O)C2CCC2)CC1. The molecule has 0 radical (unpaired) electrons. The Hall–Kier alpha value is -1.30. The smallest absolute Gasteiger partial charge is 0.225 e. The minimum absolute atomic E-state index is 0.315. The van der Waals surface area contributed by atoms with Gasteiger partial charge in [0.15, 0.2) is 5.96 Å². The maximum atomic E-state index is 12.2. The number of carbonyl (C=O) groups is 1. The molecule has 1 aliphatic carbocycles. The van der Waals surface area contributed by atoms with Crippen LogP contribution in [0.5, 0.6) is 0 Å². The summed E-state index contributed by atoms with van der Waals surface area (Å²) in [6.45, 7) is 9.32. The topological polar surface area (TPSA) is 74.0 Å². The van der Waals surface area contributed by atoms with Crippen molar-refractivity contribution in [3.8, 4) is 0 Å². The molecule has 0 atom stereocenters. The van der Waals surface area contributed by atoms with E-state index < -0.39 is 0 Å². The zero-order chi connectivity index (χ0) is 15.2. The molecule has 1 aliphatic heterocycles. The largest absolute Gasteiger partial charge is 0.370 e. The lowest BCUT2D eigenvalue weighted by Gasteiger charge is -2.38. The fourth-order valence-corrected chi connectivity index (χ4v) is 2.76. The predicted molar refractivity (Wildman–Crippen MR) is 85.1 cm³/mol. The third-order valence-electron chi connectivity index (χ3n) is 4.27. The van der Waals surface area contributed by atoms with Crippen LogP contribution in [0.15, 0.2) is 4.99 Å². The lowest BCUT2D eigenvalue weighted by molar-refractivity contribution is -0.139. The van der Waals surface area contributed by atoms with Crippen molar-refractivity contribution in [2.24, 2.45) is 16.6 Å². The summed E-state index contributed by atoms with van der Waals surface area (Å²) in [5.74, 6) is 1.22. The summed E-state index contributed by atoms with van der Waals surface area (Å²) in [7, 11) is 0. The number of rotatable bonds is 5. The van der Waals surface area contributed by atoms with Crippen molar-refractivity contribution >= 4 is 11.9 Å². The molecule has 1 heterocycles. The van der Waals surface area contributed by atoms with Crippen LogP contribution in [0.2, 0.25) is 0 Å². The second-order valence-corrected chi connectivity index (χ2v) is 6.36. The van der Waals surface area contributed by atoms with Gasteiger partial charge < -0.3 is 16.0 Å². The molecule has 120 valence electrons. The average Bonchev–Trinajstić information content (AvgIpc) is 2.36. The van der Waals surface area contributed by atoms with Crippen molar-refractivity contribution in [3.63, 3.8) is 0 Å². The molecule has 0 aromatic rings. The second-order valence-electron chi connectivity index (χ2n) is 6.36. The zero-order valence-corrected chi connectivity index (χ0v) is 13.3. The highest BCUT2D eigenvalue weighted by atomic mass is 16.2. The molecule has 2 fully saturated rings. The van der Waals surface area contributed by atoms with Gasteiger partial charge in [0.05, 0.1) is 6.54 Å². The van der Waals surface area contributed by atoms with Crippen molar-refractivity contribution in [1.29, 1.82) is 0 Å². The van der Waals surface area contributed by atoms with Crippen molar-refractivity contribution in [2.45, 2.75) is 39.2 Å². The molecule has 1 saturated heterocycles. The molecule has 21 heavy (non-hydrogen) atoms. The van der Waals surface area contributed by atoms with Crippen LogP contribution in [-0.4, -0.2) is 67.0 Å². The molecular formula is C15H29N5O. The maximum Gasteiger partial charge on any atom is 0.225 e. The molecular weight excluding hydrogens is 266 g/mol. The first-order chi connectivity index (χ1) is 10.1. The van der Waals surface area contributed by atoms with Gasteiger partial charge in [0, 0.05) is 44.7 Å². The highest BCUT2D eigenvalue weighted by molar-refractivity contribution is 5.79. The highest BCUT2D eigenvalue weighted by Crippen LogP contribution is 2.28. The number of hydrogen-bond donors (Lipinski definition) is 2. The van der Waals surface area contributed by atoms with Gasteiger partial charge in [-0.15, -0.1) is 0 Å². The van der Waals surface area contributed by atoms with Gasteiger partial charge in [-0.1, -0.05) is 6.42 Å². The van der Waals surface area contributed by atoms with Crippen LogP contribution < -0.4 is 11.1 Å². The summed E-state index contributed by atoms with van der Waals surface area (Å²) in [5.41, 5.74) is 5.77. The summed E-state index contributed by atoms with van der Waals surface area (Å²) >= 11 is 0. The van der Waals surface area contributed by atoms with Crippen LogP contribution in [0, 0.1) is 5.92 Å². The Morgan fingerprint density at radius 2 is 1.95 bits per heavy atom. The van der Waals surface area contributed by atoms with E-state index in [2.05, 4.69) is 15.2 Å². The Bertz CT molecular complexity index is 370. The summed E-state index contributed by atoms with van der Waals surface area (Å²) in [5, 5.41) is 3.08. The summed E-state index contributed by atoms with van der Waals surface area (Å²) in [4.78, 5) is 20.9. The lowest BCUT2D eigenvalue weighted by Crippen LogP contribution is -2.51. The number of aliphatic imine (C=N–C) groups is 1. The number of nitrogens with zero attached hydrogens (tertiary/aromatic N) is 3. The number of hydrogen-bond acceptors (Lipinski definition) is 3. The first-order valence-electron chi connectivity index (χ1n) is 8.14. The van der Waals surface area contributed by atoms with Gasteiger partial charge in [-0.05, 0) is 26.7 Å². The fourth-order valence-electron chi connectivity index (χ4n) is 2.76. The molecule has 2 aliphatic rings. The summed E-state index contributed by atoms with van der Waals surface area (Å²) in [6.07, 6.45) is 3.41. The molecule has 0 aromatic carbocycles. The van der Waals surface area contributed by atoms with Crippen LogP contribution in [0.3, 0.4) is 0 Å². The highest BCUT2D eigenvalue weighted by Gasteiger charge is 2.30. The molecule has 1 saturated carbocycles. The normalized spacial score (nSPS) is 21.5. The van der Waals surface area contributed by atoms with Gasteiger partial charge in [0.25, 0.3) is 0 Å². The molecule has 3 N–H and O–H groups in total. The quantitative estimate of drug-likeness (QED) is 0.563. The van der Waals surface area contributed by atoms with Gasteiger partial charge in [-0.3, -0.25) is 14.7 Å². The third kappa shape index (κ3) is 4.88. The third-order valence-corrected chi connectivity index (χ3v) is 4.27. The minimum Gasteiger partial charge on any atom is -0.370 e. The number of carbonyl (C=O) groups excluding carboxylic acids is 1. The van der Waals surface area contributed by atoms with Gasteiger partial charge >= 0.3 is 0 Å². The number of nitrogens with two attached hydrogens (primary N) is 1. The number of piperazine rings is 1. The van der Waals surface area contributed by atoms with E-state index in [1.165, 1.54) is 6.42 Å². The van der Waals surface area contributed by atoms with E-state index >= 15 is 0 Å². The van der Waals surface area contributed by atoms with Gasteiger partial charge in [-0.2, -0.15) is 0 Å². The molecule has 0 aromatic heterocycles. The molecule has 1 amide bonds. The maximum absolute atomic E-state index is 12.2. The Morgan fingerprint density at radius 1 is 1.29 bits per heavy atom. The second kappa shape index (κ2) is 7.64.